The van der Waals surface area contributed by atoms with Gasteiger partial charge in [0.2, 0.25) is 0 Å². The zero-order valence-electron chi connectivity index (χ0n) is 17.5. The summed E-state index contributed by atoms with van der Waals surface area (Å²) in [6, 6.07) is 0. The normalized spacial score (nSPS) is 17.6. The largest absolute Gasteiger partial charge is 0.304 e. The van der Waals surface area contributed by atoms with Crippen LogP contribution in [0.4, 0.5) is 0 Å². The second-order valence-corrected chi connectivity index (χ2v) is 17.3. The molecular weight excluding hydrogens is 405 g/mol. The fourth-order valence-corrected chi connectivity index (χ4v) is 9.69. The molecule has 0 atom stereocenters. The Morgan fingerprint density at radius 1 is 0.840 bits per heavy atom. The zero-order chi connectivity index (χ0) is 19.5. The van der Waals surface area contributed by atoms with Gasteiger partial charge in [0.25, 0.3) is 0 Å². The molecule has 1 N–H and O–H groups in total. The number of hydrogen-bond donors (Lipinski definition) is 1. The topological polar surface area (TPSA) is 15.3 Å². The van der Waals surface area contributed by atoms with E-state index in [1.165, 1.54) is 17.1 Å². The van der Waals surface area contributed by atoms with E-state index in [1.807, 2.05) is 32.4 Å². The number of nitrogens with zero attached hydrogens (tertiary/aromatic N) is 1. The van der Waals surface area contributed by atoms with Gasteiger partial charge >= 0.3 is 0 Å². The first-order valence-electron chi connectivity index (χ1n) is 8.73. The van der Waals surface area contributed by atoms with E-state index in [0.29, 0.717) is 10.8 Å². The van der Waals surface area contributed by atoms with Crippen molar-refractivity contribution in [3.63, 3.8) is 0 Å². The summed E-state index contributed by atoms with van der Waals surface area (Å²) in [7, 11) is 7.63. The molecule has 0 saturated heterocycles. The lowest BCUT2D eigenvalue weighted by atomic mass is 9.86. The number of rotatable bonds is 8. The molecule has 0 aromatic rings. The lowest BCUT2D eigenvalue weighted by Crippen LogP contribution is -2.24. The average molecular weight is 441 g/mol. The third kappa shape index (κ3) is 11.6. The van der Waals surface area contributed by atoms with Gasteiger partial charge in [0.1, 0.15) is 0 Å². The summed E-state index contributed by atoms with van der Waals surface area (Å²) >= 11 is 1.80. The van der Waals surface area contributed by atoms with Gasteiger partial charge in [-0.25, -0.2) is 0 Å². The third-order valence-corrected chi connectivity index (χ3v) is 11.2. The molecule has 0 radical (unpaired) electrons. The Bertz CT molecular complexity index is 461. The molecule has 1 aliphatic heterocycles. The monoisotopic (exact) mass is 440 g/mol. The van der Waals surface area contributed by atoms with Crippen LogP contribution in [-0.4, -0.2) is 13.3 Å². The van der Waals surface area contributed by atoms with Crippen LogP contribution in [-0.2, 0) is 0 Å². The maximum Gasteiger partial charge on any atom is 0.0865 e. The van der Waals surface area contributed by atoms with E-state index >= 15 is 0 Å². The molecule has 25 heavy (non-hydrogen) atoms. The zero-order valence-corrected chi connectivity index (χ0v) is 21.6. The molecule has 0 aromatic heterocycles. The van der Waals surface area contributed by atoms with Crippen LogP contribution in [0.25, 0.3) is 0 Å². The predicted octanol–water partition coefficient (Wildman–Crippen LogP) is 8.36. The van der Waals surface area contributed by atoms with Crippen molar-refractivity contribution in [3.05, 3.63) is 10.4 Å². The van der Waals surface area contributed by atoms with Crippen molar-refractivity contribution in [2.45, 2.75) is 91.6 Å². The lowest BCUT2D eigenvalue weighted by molar-refractivity contribution is 0.340. The van der Waals surface area contributed by atoms with Crippen molar-refractivity contribution in [1.29, 1.82) is 0 Å². The van der Waals surface area contributed by atoms with Gasteiger partial charge in [-0.05, 0) is 62.2 Å². The molecule has 2 nitrogen and oxygen atoms in total. The summed E-state index contributed by atoms with van der Waals surface area (Å²) in [4.78, 5) is 0. The van der Waals surface area contributed by atoms with Crippen LogP contribution in [0.2, 0.25) is 0 Å². The van der Waals surface area contributed by atoms with Crippen molar-refractivity contribution >= 4 is 55.3 Å². The molecule has 0 amide bonds. The molecule has 0 bridgehead atoms. The fraction of sp³-hybridized carbons (Fsp3) is 0.889. The van der Waals surface area contributed by atoms with Crippen molar-refractivity contribution in [1.82, 2.24) is 9.25 Å². The van der Waals surface area contributed by atoms with Crippen LogP contribution >= 0.6 is 55.3 Å². The van der Waals surface area contributed by atoms with E-state index < -0.39 is 0 Å². The van der Waals surface area contributed by atoms with Crippen LogP contribution in [0.3, 0.4) is 0 Å². The number of hydrazine groups is 1. The molecular formula is C18H36N2S5. The van der Waals surface area contributed by atoms with Crippen LogP contribution in [0.15, 0.2) is 10.4 Å². The van der Waals surface area contributed by atoms with Crippen molar-refractivity contribution in [2.24, 2.45) is 10.8 Å². The van der Waals surface area contributed by atoms with Gasteiger partial charge in [0.05, 0.1) is 4.24 Å². The van der Waals surface area contributed by atoms with E-state index in [9.17, 15) is 0 Å². The molecule has 0 fully saturated rings. The van der Waals surface area contributed by atoms with E-state index in [0.717, 1.165) is 0 Å². The van der Waals surface area contributed by atoms with Crippen LogP contribution in [0.5, 0.6) is 0 Å². The quantitative estimate of drug-likeness (QED) is 0.297. The van der Waals surface area contributed by atoms with Gasteiger partial charge in [-0.15, -0.1) is 0 Å². The van der Waals surface area contributed by atoms with Gasteiger partial charge in [-0.1, -0.05) is 66.9 Å². The van der Waals surface area contributed by atoms with Crippen molar-refractivity contribution < 1.29 is 0 Å². The van der Waals surface area contributed by atoms with E-state index in [2.05, 4.69) is 84.7 Å². The maximum atomic E-state index is 3.37. The van der Waals surface area contributed by atoms with E-state index in [-0.39, 0.29) is 9.49 Å². The van der Waals surface area contributed by atoms with Crippen molar-refractivity contribution in [3.8, 4) is 0 Å². The third-order valence-electron chi connectivity index (χ3n) is 3.05. The second kappa shape index (κ2) is 9.17. The Morgan fingerprint density at radius 3 is 1.80 bits per heavy atom. The SMILES string of the molecule is CC(C)(C)CC(C)(C)SSC1=CNN(SSC(C)(C)CC(C)(C)C)S1. The van der Waals surface area contributed by atoms with E-state index in [4.69, 9.17) is 0 Å². The lowest BCUT2D eigenvalue weighted by Gasteiger charge is -2.32. The molecule has 7 heteroatoms. The summed E-state index contributed by atoms with van der Waals surface area (Å²) in [6.45, 7) is 23.3. The number of hydrogen-bond acceptors (Lipinski definition) is 7. The van der Waals surface area contributed by atoms with Crippen LogP contribution in [0, 0.1) is 10.8 Å². The maximum absolute atomic E-state index is 3.37. The van der Waals surface area contributed by atoms with Crippen LogP contribution < -0.4 is 5.43 Å². The molecule has 148 valence electrons. The molecule has 1 rings (SSSR count). The molecule has 1 aliphatic rings. The summed E-state index contributed by atoms with van der Waals surface area (Å²) in [6.07, 6.45) is 4.53. The summed E-state index contributed by atoms with van der Waals surface area (Å²) in [5, 5.41) is 0. The van der Waals surface area contributed by atoms with Gasteiger partial charge in [0, 0.05) is 38.6 Å². The molecule has 0 unspecified atom stereocenters. The molecule has 0 spiro atoms. The Labute approximate surface area is 176 Å². The van der Waals surface area contributed by atoms with Gasteiger partial charge in [0.15, 0.2) is 0 Å². The predicted molar refractivity (Wildman–Crippen MR) is 127 cm³/mol. The Hall–Kier alpha value is 1.25. The van der Waals surface area contributed by atoms with Crippen molar-refractivity contribution in [2.75, 3.05) is 0 Å². The molecule has 0 aromatic carbocycles. The number of nitrogens with one attached hydrogen (secondary N) is 1. The highest BCUT2D eigenvalue weighted by molar-refractivity contribution is 8.81. The van der Waals surface area contributed by atoms with E-state index in [1.54, 1.807) is 22.9 Å². The Kier molecular flexibility index (Phi) is 8.90. The summed E-state index contributed by atoms with van der Waals surface area (Å²) in [5.74, 6) is 0. The Balaban J connectivity index is 2.36. The minimum atomic E-state index is 0.254. The minimum Gasteiger partial charge on any atom is -0.304 e. The standard InChI is InChI=1S/C18H36N2S5/c1-15(2,3)12-17(7,8)23-22-14-11-19-20(21-14)25-24-18(9,10)13-16(4,5)6/h11,19H,12-13H2,1-10H3. The first kappa shape index (κ1) is 24.3. The Morgan fingerprint density at radius 2 is 1.32 bits per heavy atom. The smallest absolute Gasteiger partial charge is 0.0865 e. The second-order valence-electron chi connectivity index (χ2n) is 10.3. The summed E-state index contributed by atoms with van der Waals surface area (Å²) < 4.78 is 4.02. The highest BCUT2D eigenvalue weighted by Gasteiger charge is 2.30. The first-order valence-corrected chi connectivity index (χ1v) is 13.8. The fourth-order valence-electron chi connectivity index (χ4n) is 3.22. The molecule has 0 saturated carbocycles. The van der Waals surface area contributed by atoms with Gasteiger partial charge in [-0.2, -0.15) is 0 Å². The summed E-state index contributed by atoms with van der Waals surface area (Å²) in [5.41, 5.74) is 4.09. The van der Waals surface area contributed by atoms with Crippen LogP contribution in [0.1, 0.15) is 82.1 Å². The average Bonchev–Trinajstić information content (AvgIpc) is 2.76. The highest BCUT2D eigenvalue weighted by Crippen LogP contribution is 2.53. The first-order chi connectivity index (χ1) is 11.1. The molecule has 0 aliphatic carbocycles. The minimum absolute atomic E-state index is 0.254. The van der Waals surface area contributed by atoms with Gasteiger partial charge in [-0.3, -0.25) is 0 Å². The molecule has 1 heterocycles. The highest BCUT2D eigenvalue weighted by atomic mass is 33.1. The van der Waals surface area contributed by atoms with Gasteiger partial charge < -0.3 is 5.43 Å².